The molecule has 0 atom stereocenters. The normalized spacial score (nSPS) is 9.64. The van der Waals surface area contributed by atoms with Gasteiger partial charge in [0.1, 0.15) is 0 Å². The van der Waals surface area contributed by atoms with Crippen molar-refractivity contribution in [3.63, 3.8) is 0 Å². The van der Waals surface area contributed by atoms with Crippen molar-refractivity contribution in [2.45, 2.75) is 0 Å². The van der Waals surface area contributed by atoms with Gasteiger partial charge in [-0.3, -0.25) is 9.97 Å². The molecular weight excluding hydrogens is 174 g/mol. The Bertz CT molecular complexity index is 485. The maximum absolute atomic E-state index is 5.15. The molecule has 0 unspecified atom stereocenters. The lowest BCUT2D eigenvalue weighted by molar-refractivity contribution is 1.29. The molecule has 0 spiro atoms. The molecule has 0 bridgehead atoms. The summed E-state index contributed by atoms with van der Waals surface area (Å²) < 4.78 is 0. The lowest BCUT2D eigenvalue weighted by Gasteiger charge is -2.02. The summed E-state index contributed by atoms with van der Waals surface area (Å²) in [5, 5.41) is 3.08. The minimum atomic E-state index is 0.520. The van der Waals surface area contributed by atoms with Gasteiger partial charge in [0, 0.05) is 18.1 Å². The van der Waals surface area contributed by atoms with Gasteiger partial charge in [-0.1, -0.05) is 5.92 Å². The Morgan fingerprint density at radius 2 is 2.00 bits per heavy atom. The van der Waals surface area contributed by atoms with Gasteiger partial charge in [-0.2, -0.15) is 0 Å². The topological polar surface area (TPSA) is 37.8 Å². The first-order valence-electron chi connectivity index (χ1n) is 4.28. The van der Waals surface area contributed by atoms with Crippen LogP contribution in [0.2, 0.25) is 0 Å². The van der Waals surface area contributed by atoms with E-state index in [0.29, 0.717) is 6.54 Å². The van der Waals surface area contributed by atoms with Crippen LogP contribution in [0.1, 0.15) is 0 Å². The summed E-state index contributed by atoms with van der Waals surface area (Å²) in [6.45, 7) is 0.520. The zero-order valence-corrected chi connectivity index (χ0v) is 7.57. The zero-order chi connectivity index (χ0) is 9.80. The maximum atomic E-state index is 5.15. The molecule has 1 aromatic carbocycles. The van der Waals surface area contributed by atoms with E-state index in [9.17, 15) is 0 Å². The lowest BCUT2D eigenvalue weighted by Crippen LogP contribution is -1.98. The van der Waals surface area contributed by atoms with Crippen molar-refractivity contribution >= 4 is 16.7 Å². The molecule has 0 fully saturated rings. The molecule has 1 aromatic heterocycles. The molecule has 0 aliphatic rings. The number of fused-ring (bicyclic) bond motifs is 1. The van der Waals surface area contributed by atoms with Crippen molar-refractivity contribution in [1.29, 1.82) is 0 Å². The second kappa shape index (κ2) is 3.75. The van der Waals surface area contributed by atoms with E-state index < -0.39 is 0 Å². The number of aromatic nitrogens is 2. The number of terminal acetylenes is 1. The van der Waals surface area contributed by atoms with Crippen molar-refractivity contribution in [3.05, 3.63) is 30.6 Å². The van der Waals surface area contributed by atoms with Crippen LogP contribution in [0.5, 0.6) is 0 Å². The van der Waals surface area contributed by atoms with Crippen LogP contribution in [0, 0.1) is 12.3 Å². The molecule has 0 aliphatic carbocycles. The summed E-state index contributed by atoms with van der Waals surface area (Å²) >= 11 is 0. The van der Waals surface area contributed by atoms with E-state index in [-0.39, 0.29) is 0 Å². The van der Waals surface area contributed by atoms with Gasteiger partial charge in [0.2, 0.25) is 0 Å². The summed E-state index contributed by atoms with van der Waals surface area (Å²) in [6, 6.07) is 5.79. The third kappa shape index (κ3) is 1.64. The highest BCUT2D eigenvalue weighted by atomic mass is 14.9. The van der Waals surface area contributed by atoms with E-state index in [4.69, 9.17) is 6.42 Å². The Morgan fingerprint density at radius 3 is 2.79 bits per heavy atom. The fourth-order valence-electron chi connectivity index (χ4n) is 1.23. The molecule has 0 saturated heterocycles. The third-order valence-corrected chi connectivity index (χ3v) is 1.86. The minimum absolute atomic E-state index is 0.520. The number of nitrogens with one attached hydrogen (secondary N) is 1. The molecule has 68 valence electrons. The Hall–Kier alpha value is -2.08. The highest BCUT2D eigenvalue weighted by Crippen LogP contribution is 2.14. The Labute approximate surface area is 82.2 Å². The number of hydrogen-bond donors (Lipinski definition) is 1. The molecule has 2 aromatic rings. The summed E-state index contributed by atoms with van der Waals surface area (Å²) in [4.78, 5) is 8.37. The van der Waals surface area contributed by atoms with Crippen molar-refractivity contribution in [1.82, 2.24) is 9.97 Å². The third-order valence-electron chi connectivity index (χ3n) is 1.86. The van der Waals surface area contributed by atoms with Gasteiger partial charge in [-0.25, -0.2) is 0 Å². The Kier molecular flexibility index (Phi) is 2.28. The summed E-state index contributed by atoms with van der Waals surface area (Å²) in [5.41, 5.74) is 2.73. The molecule has 3 heteroatoms. The van der Waals surface area contributed by atoms with Crippen LogP contribution >= 0.6 is 0 Å². The molecule has 1 heterocycles. The molecule has 1 N–H and O–H groups in total. The van der Waals surface area contributed by atoms with Gasteiger partial charge in [0.15, 0.2) is 0 Å². The second-order valence-corrected chi connectivity index (χ2v) is 2.82. The van der Waals surface area contributed by atoms with Crippen LogP contribution in [0.3, 0.4) is 0 Å². The molecular formula is C11H9N3. The molecule has 14 heavy (non-hydrogen) atoms. The molecule has 0 saturated carbocycles. The number of nitrogens with zero attached hydrogens (tertiary/aromatic N) is 2. The summed E-state index contributed by atoms with van der Waals surface area (Å²) in [6.07, 6.45) is 8.50. The monoisotopic (exact) mass is 183 g/mol. The average molecular weight is 183 g/mol. The number of anilines is 1. The van der Waals surface area contributed by atoms with Crippen molar-refractivity contribution in [2.24, 2.45) is 0 Å². The highest BCUT2D eigenvalue weighted by Gasteiger charge is 1.95. The second-order valence-electron chi connectivity index (χ2n) is 2.82. The van der Waals surface area contributed by atoms with Crippen LogP contribution in [-0.2, 0) is 0 Å². The predicted octanol–water partition coefficient (Wildman–Crippen LogP) is 1.67. The van der Waals surface area contributed by atoms with Gasteiger partial charge in [-0.05, 0) is 18.2 Å². The SMILES string of the molecule is C#CCNc1ccc2nccnc2c1. The van der Waals surface area contributed by atoms with Crippen LogP contribution in [0.15, 0.2) is 30.6 Å². The number of benzene rings is 1. The van der Waals surface area contributed by atoms with E-state index in [0.717, 1.165) is 16.7 Å². The fourth-order valence-corrected chi connectivity index (χ4v) is 1.23. The van der Waals surface area contributed by atoms with Crippen LogP contribution < -0.4 is 5.32 Å². The van der Waals surface area contributed by atoms with Crippen molar-refractivity contribution < 1.29 is 0 Å². The molecule has 0 amide bonds. The number of hydrogen-bond acceptors (Lipinski definition) is 3. The summed E-state index contributed by atoms with van der Waals surface area (Å²) in [5.74, 6) is 2.52. The van der Waals surface area contributed by atoms with E-state index >= 15 is 0 Å². The number of rotatable bonds is 2. The van der Waals surface area contributed by atoms with Gasteiger partial charge in [-0.15, -0.1) is 6.42 Å². The smallest absolute Gasteiger partial charge is 0.0907 e. The van der Waals surface area contributed by atoms with E-state index in [1.165, 1.54) is 0 Å². The molecule has 0 radical (unpaired) electrons. The van der Waals surface area contributed by atoms with Crippen LogP contribution in [-0.4, -0.2) is 16.5 Å². The predicted molar refractivity (Wildman–Crippen MR) is 56.9 cm³/mol. The molecule has 2 rings (SSSR count). The quantitative estimate of drug-likeness (QED) is 0.720. The van der Waals surface area contributed by atoms with Gasteiger partial charge in [0.25, 0.3) is 0 Å². The first kappa shape index (κ1) is 8.52. The van der Waals surface area contributed by atoms with E-state index in [2.05, 4.69) is 21.2 Å². The first-order chi connectivity index (χ1) is 6.90. The first-order valence-corrected chi connectivity index (χ1v) is 4.28. The molecule has 3 nitrogen and oxygen atoms in total. The standard InChI is InChI=1S/C11H9N3/c1-2-5-12-9-3-4-10-11(8-9)14-7-6-13-10/h1,3-4,6-8,12H,5H2. The van der Waals surface area contributed by atoms with Gasteiger partial charge in [0.05, 0.1) is 17.6 Å². The van der Waals surface area contributed by atoms with E-state index in [1.807, 2.05) is 18.2 Å². The van der Waals surface area contributed by atoms with E-state index in [1.54, 1.807) is 12.4 Å². The highest BCUT2D eigenvalue weighted by molar-refractivity contribution is 5.78. The lowest BCUT2D eigenvalue weighted by atomic mass is 10.2. The zero-order valence-electron chi connectivity index (χ0n) is 7.57. The average Bonchev–Trinajstić information content (AvgIpc) is 2.26. The van der Waals surface area contributed by atoms with Crippen molar-refractivity contribution in [2.75, 3.05) is 11.9 Å². The maximum Gasteiger partial charge on any atom is 0.0907 e. The van der Waals surface area contributed by atoms with Crippen molar-refractivity contribution in [3.8, 4) is 12.3 Å². The Morgan fingerprint density at radius 1 is 1.21 bits per heavy atom. The van der Waals surface area contributed by atoms with Gasteiger partial charge < -0.3 is 5.32 Å². The van der Waals surface area contributed by atoms with Gasteiger partial charge >= 0.3 is 0 Å². The largest absolute Gasteiger partial charge is 0.374 e. The fraction of sp³-hybridized carbons (Fsp3) is 0.0909. The Balaban J connectivity index is 2.37. The van der Waals surface area contributed by atoms with Crippen LogP contribution in [0.25, 0.3) is 11.0 Å². The molecule has 0 aliphatic heterocycles. The summed E-state index contributed by atoms with van der Waals surface area (Å²) in [7, 11) is 0. The van der Waals surface area contributed by atoms with Crippen LogP contribution in [0.4, 0.5) is 5.69 Å². The minimum Gasteiger partial charge on any atom is -0.374 e.